The van der Waals surface area contributed by atoms with Gasteiger partial charge in [0.2, 0.25) is 15.9 Å². The van der Waals surface area contributed by atoms with Crippen LogP contribution in [0.4, 0.5) is 11.4 Å². The first kappa shape index (κ1) is 22.4. The fourth-order valence-electron chi connectivity index (χ4n) is 3.84. The quantitative estimate of drug-likeness (QED) is 0.649. The van der Waals surface area contributed by atoms with Crippen LogP contribution in [0, 0.1) is 0 Å². The molecule has 0 aliphatic carbocycles. The van der Waals surface area contributed by atoms with Gasteiger partial charge in [0, 0.05) is 35.9 Å². The second kappa shape index (κ2) is 8.64. The Morgan fingerprint density at radius 2 is 1.84 bits per heavy atom. The molecule has 2 N–H and O–H groups in total. The topological polar surface area (TPSA) is 130 Å². The van der Waals surface area contributed by atoms with Gasteiger partial charge in [-0.3, -0.25) is 9.59 Å². The number of hydrogen-bond acceptors (Lipinski definition) is 6. The van der Waals surface area contributed by atoms with Crippen molar-refractivity contribution in [2.24, 2.45) is 0 Å². The van der Waals surface area contributed by atoms with Crippen molar-refractivity contribution in [3.8, 4) is 0 Å². The summed E-state index contributed by atoms with van der Waals surface area (Å²) in [5, 5.41) is 2.75. The summed E-state index contributed by atoms with van der Waals surface area (Å²) < 4.78 is 50.5. The Morgan fingerprint density at radius 1 is 1.09 bits per heavy atom. The van der Waals surface area contributed by atoms with Gasteiger partial charge in [0.25, 0.3) is 5.91 Å². The van der Waals surface area contributed by atoms with E-state index in [2.05, 4.69) is 10.0 Å². The molecule has 32 heavy (non-hydrogen) atoms. The third kappa shape index (κ3) is 5.00. The van der Waals surface area contributed by atoms with Gasteiger partial charge < -0.3 is 10.2 Å². The van der Waals surface area contributed by atoms with Gasteiger partial charge in [0.15, 0.2) is 9.84 Å². The Morgan fingerprint density at radius 3 is 2.47 bits per heavy atom. The number of rotatable bonds is 6. The normalized spacial score (nSPS) is 20.4. The summed E-state index contributed by atoms with van der Waals surface area (Å²) in [6.07, 6.45) is 1.55. The third-order valence-corrected chi connectivity index (χ3v) is 8.77. The maximum Gasteiger partial charge on any atom is 0.255 e. The van der Waals surface area contributed by atoms with Crippen LogP contribution in [-0.2, 0) is 24.7 Å². The standard InChI is InChI=1S/C21H23N3O6S2/c25-20-5-2-11-24(20)18-4-1-3-16(13-18)22-21(26)15-6-8-19(9-7-15)32(29,30)23-17-10-12-31(27,28)14-17/h1,3-4,6-9,13,17,23H,2,5,10-12,14H2,(H,22,26)/t17-/m1/s1. The Labute approximate surface area is 186 Å². The van der Waals surface area contributed by atoms with Crippen molar-refractivity contribution in [2.45, 2.75) is 30.2 Å². The van der Waals surface area contributed by atoms with Crippen molar-refractivity contribution >= 4 is 43.0 Å². The minimum Gasteiger partial charge on any atom is -0.322 e. The first-order chi connectivity index (χ1) is 15.1. The summed E-state index contributed by atoms with van der Waals surface area (Å²) in [5.74, 6) is -0.621. The number of hydrogen-bond donors (Lipinski definition) is 2. The molecule has 2 amide bonds. The molecule has 2 heterocycles. The van der Waals surface area contributed by atoms with Crippen molar-refractivity contribution in [1.82, 2.24) is 4.72 Å². The zero-order valence-corrected chi connectivity index (χ0v) is 18.8. The van der Waals surface area contributed by atoms with E-state index < -0.39 is 31.8 Å². The number of sulfone groups is 1. The van der Waals surface area contributed by atoms with Gasteiger partial charge in [-0.15, -0.1) is 0 Å². The lowest BCUT2D eigenvalue weighted by molar-refractivity contribution is -0.117. The second-order valence-electron chi connectivity index (χ2n) is 7.90. The average Bonchev–Trinajstić information content (AvgIpc) is 3.32. The Hall–Kier alpha value is -2.76. The van der Waals surface area contributed by atoms with E-state index in [1.54, 1.807) is 29.2 Å². The number of nitrogens with zero attached hydrogens (tertiary/aromatic N) is 1. The summed E-state index contributed by atoms with van der Waals surface area (Å²) in [7, 11) is -7.11. The second-order valence-corrected chi connectivity index (χ2v) is 11.8. The van der Waals surface area contributed by atoms with Gasteiger partial charge in [0.05, 0.1) is 16.4 Å². The summed E-state index contributed by atoms with van der Waals surface area (Å²) in [4.78, 5) is 26.2. The molecule has 2 fully saturated rings. The van der Waals surface area contributed by atoms with Crippen LogP contribution in [0.15, 0.2) is 53.4 Å². The summed E-state index contributed by atoms with van der Waals surface area (Å²) in [6.45, 7) is 0.646. The molecule has 0 aromatic heterocycles. The Kier molecular flexibility index (Phi) is 6.06. The van der Waals surface area contributed by atoms with E-state index in [-0.39, 0.29) is 34.3 Å². The molecule has 0 radical (unpaired) electrons. The van der Waals surface area contributed by atoms with E-state index in [0.29, 0.717) is 24.3 Å². The smallest absolute Gasteiger partial charge is 0.255 e. The van der Waals surface area contributed by atoms with Gasteiger partial charge in [-0.2, -0.15) is 0 Å². The highest BCUT2D eigenvalue weighted by Gasteiger charge is 2.31. The molecule has 1 atom stereocenters. The highest BCUT2D eigenvalue weighted by Crippen LogP contribution is 2.24. The van der Waals surface area contributed by atoms with Crippen molar-refractivity contribution in [1.29, 1.82) is 0 Å². The molecule has 0 saturated carbocycles. The molecule has 4 rings (SSSR count). The van der Waals surface area contributed by atoms with Crippen molar-refractivity contribution in [2.75, 3.05) is 28.3 Å². The minimum atomic E-state index is -3.90. The van der Waals surface area contributed by atoms with Crippen molar-refractivity contribution in [3.05, 3.63) is 54.1 Å². The maximum absolute atomic E-state index is 12.6. The Bertz CT molecular complexity index is 1260. The third-order valence-electron chi connectivity index (χ3n) is 5.47. The molecule has 9 nitrogen and oxygen atoms in total. The number of anilines is 2. The molecule has 0 unspecified atom stereocenters. The largest absolute Gasteiger partial charge is 0.322 e. The van der Waals surface area contributed by atoms with Crippen LogP contribution in [0.3, 0.4) is 0 Å². The number of amides is 2. The van der Waals surface area contributed by atoms with Gasteiger partial charge in [-0.25, -0.2) is 21.6 Å². The van der Waals surface area contributed by atoms with E-state index in [0.717, 1.165) is 6.42 Å². The van der Waals surface area contributed by atoms with Gasteiger partial charge in [-0.05, 0) is 55.3 Å². The summed E-state index contributed by atoms with van der Waals surface area (Å²) in [6, 6.07) is 11.7. The molecule has 0 spiro atoms. The monoisotopic (exact) mass is 477 g/mol. The lowest BCUT2D eigenvalue weighted by atomic mass is 10.2. The summed E-state index contributed by atoms with van der Waals surface area (Å²) in [5.41, 5.74) is 1.50. The molecule has 2 aromatic carbocycles. The first-order valence-electron chi connectivity index (χ1n) is 10.2. The van der Waals surface area contributed by atoms with Crippen LogP contribution in [0.1, 0.15) is 29.6 Å². The van der Waals surface area contributed by atoms with Crippen LogP contribution in [-0.4, -0.2) is 52.7 Å². The Balaban J connectivity index is 1.43. The maximum atomic E-state index is 12.6. The van der Waals surface area contributed by atoms with E-state index in [1.165, 1.54) is 24.3 Å². The van der Waals surface area contributed by atoms with Crippen LogP contribution in [0.5, 0.6) is 0 Å². The van der Waals surface area contributed by atoms with Crippen molar-refractivity contribution in [3.63, 3.8) is 0 Å². The van der Waals surface area contributed by atoms with Crippen LogP contribution >= 0.6 is 0 Å². The number of carbonyl (C=O) groups excluding carboxylic acids is 2. The minimum absolute atomic E-state index is 0.0353. The first-order valence-corrected chi connectivity index (χ1v) is 13.5. The lowest BCUT2D eigenvalue weighted by Crippen LogP contribution is -2.35. The molecule has 2 aromatic rings. The van der Waals surface area contributed by atoms with Crippen LogP contribution in [0.2, 0.25) is 0 Å². The molecule has 2 saturated heterocycles. The highest BCUT2D eigenvalue weighted by atomic mass is 32.2. The van der Waals surface area contributed by atoms with Crippen LogP contribution < -0.4 is 14.9 Å². The average molecular weight is 478 g/mol. The van der Waals surface area contributed by atoms with Gasteiger partial charge >= 0.3 is 0 Å². The lowest BCUT2D eigenvalue weighted by Gasteiger charge is -2.17. The predicted molar refractivity (Wildman–Crippen MR) is 120 cm³/mol. The highest BCUT2D eigenvalue weighted by molar-refractivity contribution is 7.92. The molecular formula is C21H23N3O6S2. The molecular weight excluding hydrogens is 454 g/mol. The van der Waals surface area contributed by atoms with Gasteiger partial charge in [-0.1, -0.05) is 6.07 Å². The van der Waals surface area contributed by atoms with E-state index in [4.69, 9.17) is 0 Å². The molecule has 170 valence electrons. The van der Waals surface area contributed by atoms with Crippen LogP contribution in [0.25, 0.3) is 0 Å². The predicted octanol–water partition coefficient (Wildman–Crippen LogP) is 1.53. The zero-order valence-electron chi connectivity index (χ0n) is 17.2. The van der Waals surface area contributed by atoms with Crippen molar-refractivity contribution < 1.29 is 26.4 Å². The number of carbonyl (C=O) groups is 2. The fraction of sp³-hybridized carbons (Fsp3) is 0.333. The van der Waals surface area contributed by atoms with E-state index >= 15 is 0 Å². The number of benzene rings is 2. The molecule has 2 aliphatic heterocycles. The number of nitrogens with one attached hydrogen (secondary N) is 2. The molecule has 0 bridgehead atoms. The zero-order chi connectivity index (χ0) is 22.9. The van der Waals surface area contributed by atoms with E-state index in [1.807, 2.05) is 0 Å². The number of sulfonamides is 1. The van der Waals surface area contributed by atoms with E-state index in [9.17, 15) is 26.4 Å². The summed E-state index contributed by atoms with van der Waals surface area (Å²) >= 11 is 0. The molecule has 2 aliphatic rings. The molecule has 11 heteroatoms. The fourth-order valence-corrected chi connectivity index (χ4v) is 6.89. The SMILES string of the molecule is O=C(Nc1cccc(N2CCCC2=O)c1)c1ccc(S(=O)(=O)N[C@@H]2CCS(=O)(=O)C2)cc1. The van der Waals surface area contributed by atoms with Gasteiger partial charge in [0.1, 0.15) is 0 Å².